The van der Waals surface area contributed by atoms with Crippen LogP contribution in [0.15, 0.2) is 0 Å². The molecule has 0 aromatic rings. The molecule has 2 atom stereocenters. The van der Waals surface area contributed by atoms with E-state index in [-0.39, 0.29) is 6.09 Å². The number of ether oxygens (including phenoxy) is 1. The van der Waals surface area contributed by atoms with Gasteiger partial charge in [-0.1, -0.05) is 6.42 Å². The van der Waals surface area contributed by atoms with Crippen LogP contribution in [0.2, 0.25) is 0 Å². The Hall–Kier alpha value is -0.810. The lowest BCUT2D eigenvalue weighted by Crippen LogP contribution is -2.40. The number of hydrogen-bond acceptors (Lipinski definition) is 4. The van der Waals surface area contributed by atoms with Gasteiger partial charge in [0, 0.05) is 18.6 Å². The maximum Gasteiger partial charge on any atom is 0.407 e. The van der Waals surface area contributed by atoms with Crippen molar-refractivity contribution in [3.05, 3.63) is 0 Å². The fourth-order valence-electron chi connectivity index (χ4n) is 2.31. The number of carbonyl (C=O) groups is 1. The molecule has 0 saturated heterocycles. The van der Waals surface area contributed by atoms with Gasteiger partial charge in [0.05, 0.1) is 0 Å². The van der Waals surface area contributed by atoms with Gasteiger partial charge in [-0.2, -0.15) is 0 Å². The minimum Gasteiger partial charge on any atom is -0.444 e. The van der Waals surface area contributed by atoms with Gasteiger partial charge in [-0.3, -0.25) is 0 Å². The summed E-state index contributed by atoms with van der Waals surface area (Å²) in [6, 6.07) is 0.899. The van der Waals surface area contributed by atoms with Gasteiger partial charge >= 0.3 is 6.09 Å². The number of carbonyl (C=O) groups excluding carboxylic acids is 1. The van der Waals surface area contributed by atoms with E-state index < -0.39 is 5.60 Å². The van der Waals surface area contributed by atoms with Crippen LogP contribution in [0.1, 0.15) is 52.9 Å². The largest absolute Gasteiger partial charge is 0.444 e. The summed E-state index contributed by atoms with van der Waals surface area (Å²) < 4.78 is 5.16. The monoisotopic (exact) mass is 271 g/mol. The first-order valence-corrected chi connectivity index (χ1v) is 7.32. The van der Waals surface area contributed by atoms with Crippen molar-refractivity contribution >= 4 is 6.09 Å². The van der Waals surface area contributed by atoms with Gasteiger partial charge in [-0.15, -0.1) is 0 Å². The molecule has 0 aromatic carbocycles. The Morgan fingerprint density at radius 2 is 2.05 bits per heavy atom. The maximum atomic E-state index is 11.4. The second-order valence-electron chi connectivity index (χ2n) is 6.36. The van der Waals surface area contributed by atoms with Crippen LogP contribution in [-0.4, -0.2) is 36.9 Å². The molecular formula is C14H29N3O2. The highest BCUT2D eigenvalue weighted by Crippen LogP contribution is 2.16. The van der Waals surface area contributed by atoms with E-state index in [2.05, 4.69) is 10.6 Å². The number of alkyl carbamates (subject to hydrolysis) is 1. The Balaban J connectivity index is 2.00. The predicted octanol–water partition coefficient (Wildman–Crippen LogP) is 1.76. The van der Waals surface area contributed by atoms with E-state index in [4.69, 9.17) is 10.5 Å². The second kappa shape index (κ2) is 7.70. The van der Waals surface area contributed by atoms with Crippen LogP contribution in [-0.2, 0) is 4.74 Å². The summed E-state index contributed by atoms with van der Waals surface area (Å²) in [6.45, 7) is 7.13. The van der Waals surface area contributed by atoms with Crippen LogP contribution in [0.25, 0.3) is 0 Å². The van der Waals surface area contributed by atoms with E-state index in [0.29, 0.717) is 18.6 Å². The Morgan fingerprint density at radius 1 is 1.32 bits per heavy atom. The lowest BCUT2D eigenvalue weighted by atomic mass is 9.91. The normalized spacial score (nSPS) is 24.0. The maximum absolute atomic E-state index is 11.4. The van der Waals surface area contributed by atoms with Crippen LogP contribution >= 0.6 is 0 Å². The van der Waals surface area contributed by atoms with Gasteiger partial charge in [0.1, 0.15) is 5.60 Å². The van der Waals surface area contributed by atoms with Gasteiger partial charge < -0.3 is 21.1 Å². The first-order valence-electron chi connectivity index (χ1n) is 7.32. The van der Waals surface area contributed by atoms with Gasteiger partial charge in [-0.05, 0) is 53.0 Å². The molecule has 0 bridgehead atoms. The first-order chi connectivity index (χ1) is 8.87. The highest BCUT2D eigenvalue weighted by atomic mass is 16.6. The van der Waals surface area contributed by atoms with Gasteiger partial charge in [0.2, 0.25) is 0 Å². The van der Waals surface area contributed by atoms with Crippen LogP contribution < -0.4 is 16.4 Å². The van der Waals surface area contributed by atoms with Crippen molar-refractivity contribution in [1.82, 2.24) is 10.6 Å². The molecule has 0 radical (unpaired) electrons. The molecule has 1 saturated carbocycles. The molecule has 0 heterocycles. The molecule has 2 unspecified atom stereocenters. The molecule has 0 aliphatic heterocycles. The van der Waals surface area contributed by atoms with Crippen molar-refractivity contribution in [1.29, 1.82) is 0 Å². The summed E-state index contributed by atoms with van der Waals surface area (Å²) in [5, 5.41) is 6.26. The molecular weight excluding hydrogens is 242 g/mol. The van der Waals surface area contributed by atoms with E-state index in [1.807, 2.05) is 20.8 Å². The molecule has 1 aliphatic rings. The average molecular weight is 271 g/mol. The number of rotatable bonds is 5. The summed E-state index contributed by atoms with van der Waals surface area (Å²) >= 11 is 0. The molecule has 5 nitrogen and oxygen atoms in total. The van der Waals surface area contributed by atoms with Gasteiger partial charge in [0.15, 0.2) is 0 Å². The van der Waals surface area contributed by atoms with Crippen molar-refractivity contribution < 1.29 is 9.53 Å². The van der Waals surface area contributed by atoms with Crippen molar-refractivity contribution in [3.63, 3.8) is 0 Å². The van der Waals surface area contributed by atoms with Crippen molar-refractivity contribution in [2.45, 2.75) is 70.6 Å². The summed E-state index contributed by atoms with van der Waals surface area (Å²) in [4.78, 5) is 11.4. The fourth-order valence-corrected chi connectivity index (χ4v) is 2.31. The molecule has 0 aromatic heterocycles. The van der Waals surface area contributed by atoms with E-state index in [0.717, 1.165) is 25.8 Å². The minimum atomic E-state index is -0.430. The zero-order valence-corrected chi connectivity index (χ0v) is 12.5. The SMILES string of the molecule is CC(C)(C)OC(=O)NCCCNC1CCCC(N)C1. The lowest BCUT2D eigenvalue weighted by molar-refractivity contribution is 0.0527. The molecule has 1 aliphatic carbocycles. The number of amides is 1. The van der Waals surface area contributed by atoms with Crippen molar-refractivity contribution in [3.8, 4) is 0 Å². The molecule has 4 N–H and O–H groups in total. The minimum absolute atomic E-state index is 0.341. The summed E-state index contributed by atoms with van der Waals surface area (Å²) in [6.07, 6.45) is 5.22. The van der Waals surface area contributed by atoms with Crippen LogP contribution in [0.4, 0.5) is 4.79 Å². The summed E-state index contributed by atoms with van der Waals surface area (Å²) in [7, 11) is 0. The number of nitrogens with one attached hydrogen (secondary N) is 2. The third-order valence-electron chi connectivity index (χ3n) is 3.17. The van der Waals surface area contributed by atoms with Gasteiger partial charge in [0.25, 0.3) is 0 Å². The van der Waals surface area contributed by atoms with E-state index >= 15 is 0 Å². The summed E-state index contributed by atoms with van der Waals surface area (Å²) in [5.74, 6) is 0. The third-order valence-corrected chi connectivity index (χ3v) is 3.17. The second-order valence-corrected chi connectivity index (χ2v) is 6.36. The van der Waals surface area contributed by atoms with Crippen LogP contribution in [0.3, 0.4) is 0 Å². The highest BCUT2D eigenvalue weighted by molar-refractivity contribution is 5.67. The molecule has 1 amide bonds. The average Bonchev–Trinajstić information content (AvgIpc) is 2.26. The Bertz CT molecular complexity index is 276. The standard InChI is InChI=1S/C14H29N3O2/c1-14(2,3)19-13(18)17-9-5-8-16-12-7-4-6-11(15)10-12/h11-12,16H,4-10,15H2,1-3H3,(H,17,18). The summed E-state index contributed by atoms with van der Waals surface area (Å²) in [5.41, 5.74) is 5.51. The van der Waals surface area contributed by atoms with E-state index in [9.17, 15) is 4.79 Å². The zero-order valence-electron chi connectivity index (χ0n) is 12.5. The van der Waals surface area contributed by atoms with E-state index in [1.54, 1.807) is 0 Å². The van der Waals surface area contributed by atoms with Crippen LogP contribution in [0, 0.1) is 0 Å². The predicted molar refractivity (Wildman–Crippen MR) is 77.1 cm³/mol. The molecule has 5 heteroatoms. The van der Waals surface area contributed by atoms with Gasteiger partial charge in [-0.25, -0.2) is 4.79 Å². The molecule has 1 rings (SSSR count). The fraction of sp³-hybridized carbons (Fsp3) is 0.929. The molecule has 0 spiro atoms. The topological polar surface area (TPSA) is 76.4 Å². The van der Waals surface area contributed by atoms with Crippen LogP contribution in [0.5, 0.6) is 0 Å². The number of hydrogen-bond donors (Lipinski definition) is 3. The quantitative estimate of drug-likeness (QED) is 0.666. The smallest absolute Gasteiger partial charge is 0.407 e. The first kappa shape index (κ1) is 16.2. The third kappa shape index (κ3) is 8.06. The van der Waals surface area contributed by atoms with Crippen molar-refractivity contribution in [2.24, 2.45) is 5.73 Å². The molecule has 19 heavy (non-hydrogen) atoms. The highest BCUT2D eigenvalue weighted by Gasteiger charge is 2.18. The number of nitrogens with two attached hydrogens (primary N) is 1. The molecule has 1 fully saturated rings. The molecule has 112 valence electrons. The lowest BCUT2D eigenvalue weighted by Gasteiger charge is -2.27. The Kier molecular flexibility index (Phi) is 6.58. The Morgan fingerprint density at radius 3 is 2.68 bits per heavy atom. The Labute approximate surface area is 116 Å². The van der Waals surface area contributed by atoms with Crippen molar-refractivity contribution in [2.75, 3.05) is 13.1 Å². The zero-order chi connectivity index (χ0) is 14.3. The van der Waals surface area contributed by atoms with E-state index in [1.165, 1.54) is 12.8 Å².